The topological polar surface area (TPSA) is 55.8 Å². The van der Waals surface area contributed by atoms with Crippen LogP contribution in [0, 0.1) is 11.6 Å². The van der Waals surface area contributed by atoms with Crippen LogP contribution < -0.4 is 4.74 Å². The summed E-state index contributed by atoms with van der Waals surface area (Å²) in [5.41, 5.74) is 2.39. The van der Waals surface area contributed by atoms with E-state index in [1.165, 1.54) is 18.1 Å². The van der Waals surface area contributed by atoms with E-state index in [1.54, 1.807) is 25.3 Å². The lowest BCUT2D eigenvalue weighted by Crippen LogP contribution is -2.33. The van der Waals surface area contributed by atoms with Gasteiger partial charge in [-0.2, -0.15) is 0 Å². The number of hydrogen-bond donors (Lipinski definition) is 0. The highest BCUT2D eigenvalue weighted by molar-refractivity contribution is 5.96. The van der Waals surface area contributed by atoms with Crippen LogP contribution in [0.25, 0.3) is 11.1 Å². The van der Waals surface area contributed by atoms with E-state index in [-0.39, 0.29) is 25.4 Å². The van der Waals surface area contributed by atoms with Crippen LogP contribution in [0.5, 0.6) is 5.75 Å². The van der Waals surface area contributed by atoms with Gasteiger partial charge in [0.1, 0.15) is 5.75 Å². The van der Waals surface area contributed by atoms with Crippen LogP contribution in [0.2, 0.25) is 0 Å². The molecule has 0 aliphatic heterocycles. The van der Waals surface area contributed by atoms with Crippen molar-refractivity contribution in [2.45, 2.75) is 13.0 Å². The van der Waals surface area contributed by atoms with Crippen LogP contribution in [-0.4, -0.2) is 37.5 Å². The second kappa shape index (κ2) is 10.5. The maximum absolute atomic E-state index is 13.7. The smallest absolute Gasteiger partial charge is 0.307 e. The summed E-state index contributed by atoms with van der Waals surface area (Å²) in [6.45, 7) is 0.0525. The Balaban J connectivity index is 1.94. The Morgan fingerprint density at radius 1 is 0.906 bits per heavy atom. The summed E-state index contributed by atoms with van der Waals surface area (Å²) in [5.74, 6) is -2.21. The minimum Gasteiger partial charge on any atom is -0.496 e. The molecular formula is C25H23F2NO4. The predicted octanol–water partition coefficient (Wildman–Crippen LogP) is 4.85. The SMILES string of the molecule is COC(=O)CCN(Cc1ccc(F)c(F)c1)C(=O)c1ccc(OC)c(-c2ccccc2)c1. The van der Waals surface area contributed by atoms with Crippen molar-refractivity contribution in [3.63, 3.8) is 0 Å². The minimum atomic E-state index is -1.00. The number of hydrogen-bond acceptors (Lipinski definition) is 4. The third-order valence-corrected chi connectivity index (χ3v) is 4.99. The van der Waals surface area contributed by atoms with Gasteiger partial charge in [-0.25, -0.2) is 8.78 Å². The van der Waals surface area contributed by atoms with Crippen molar-refractivity contribution >= 4 is 11.9 Å². The van der Waals surface area contributed by atoms with Crippen LogP contribution in [0.15, 0.2) is 66.7 Å². The first-order valence-electron chi connectivity index (χ1n) is 9.96. The summed E-state index contributed by atoms with van der Waals surface area (Å²) in [4.78, 5) is 26.4. The van der Waals surface area contributed by atoms with Gasteiger partial charge in [-0.1, -0.05) is 36.4 Å². The molecule has 0 radical (unpaired) electrons. The van der Waals surface area contributed by atoms with Crippen molar-refractivity contribution < 1.29 is 27.8 Å². The zero-order valence-corrected chi connectivity index (χ0v) is 17.8. The summed E-state index contributed by atoms with van der Waals surface area (Å²) in [5, 5.41) is 0. The second-order valence-corrected chi connectivity index (χ2v) is 7.08. The first-order chi connectivity index (χ1) is 15.4. The molecule has 0 aliphatic carbocycles. The van der Waals surface area contributed by atoms with E-state index in [9.17, 15) is 18.4 Å². The van der Waals surface area contributed by atoms with Crippen LogP contribution in [0.1, 0.15) is 22.3 Å². The second-order valence-electron chi connectivity index (χ2n) is 7.08. The molecule has 3 rings (SSSR count). The molecule has 0 bridgehead atoms. The summed E-state index contributed by atoms with van der Waals surface area (Å²) in [6.07, 6.45) is -0.0341. The highest BCUT2D eigenvalue weighted by Crippen LogP contribution is 2.31. The van der Waals surface area contributed by atoms with Crippen molar-refractivity contribution in [1.82, 2.24) is 4.90 Å². The molecule has 0 spiro atoms. The number of amides is 1. The average Bonchev–Trinajstić information content (AvgIpc) is 2.83. The first-order valence-corrected chi connectivity index (χ1v) is 9.96. The van der Waals surface area contributed by atoms with E-state index in [0.29, 0.717) is 16.9 Å². The number of carbonyl (C=O) groups is 2. The van der Waals surface area contributed by atoms with E-state index in [0.717, 1.165) is 23.3 Å². The lowest BCUT2D eigenvalue weighted by molar-refractivity contribution is -0.140. The standard InChI is InChI=1S/C25H23F2NO4/c1-31-23-11-9-19(15-20(23)18-6-4-3-5-7-18)25(30)28(13-12-24(29)32-2)16-17-8-10-21(26)22(27)14-17/h3-11,14-15H,12-13,16H2,1-2H3. The molecule has 3 aromatic rings. The molecule has 0 saturated heterocycles. The largest absolute Gasteiger partial charge is 0.496 e. The van der Waals surface area contributed by atoms with Gasteiger partial charge in [0.05, 0.1) is 20.6 Å². The van der Waals surface area contributed by atoms with Gasteiger partial charge in [0.2, 0.25) is 0 Å². The Bertz CT molecular complexity index is 1100. The number of carbonyl (C=O) groups excluding carboxylic acids is 2. The highest BCUT2D eigenvalue weighted by Gasteiger charge is 2.20. The lowest BCUT2D eigenvalue weighted by atomic mass is 10.0. The first kappa shape index (κ1) is 22.9. The Labute approximate surface area is 185 Å². The quantitative estimate of drug-likeness (QED) is 0.471. The van der Waals surface area contributed by atoms with Crippen molar-refractivity contribution in [3.8, 4) is 16.9 Å². The van der Waals surface area contributed by atoms with E-state index in [2.05, 4.69) is 4.74 Å². The molecule has 32 heavy (non-hydrogen) atoms. The lowest BCUT2D eigenvalue weighted by Gasteiger charge is -2.23. The number of nitrogens with zero attached hydrogens (tertiary/aromatic N) is 1. The molecule has 0 aromatic heterocycles. The zero-order valence-electron chi connectivity index (χ0n) is 17.8. The fraction of sp³-hybridized carbons (Fsp3) is 0.200. The number of ether oxygens (including phenoxy) is 2. The molecule has 0 N–H and O–H groups in total. The number of methoxy groups -OCH3 is 2. The van der Waals surface area contributed by atoms with Crippen molar-refractivity contribution in [3.05, 3.63) is 89.5 Å². The normalized spacial score (nSPS) is 10.5. The fourth-order valence-corrected chi connectivity index (χ4v) is 3.31. The van der Waals surface area contributed by atoms with Gasteiger partial charge in [-0.15, -0.1) is 0 Å². The highest BCUT2D eigenvalue weighted by atomic mass is 19.2. The molecule has 5 nitrogen and oxygen atoms in total. The van der Waals surface area contributed by atoms with Gasteiger partial charge in [0, 0.05) is 24.2 Å². The van der Waals surface area contributed by atoms with E-state index >= 15 is 0 Å². The minimum absolute atomic E-state index is 0.000271. The monoisotopic (exact) mass is 439 g/mol. The Morgan fingerprint density at radius 2 is 1.66 bits per heavy atom. The van der Waals surface area contributed by atoms with Gasteiger partial charge in [0.15, 0.2) is 11.6 Å². The van der Waals surface area contributed by atoms with Crippen LogP contribution >= 0.6 is 0 Å². The van der Waals surface area contributed by atoms with Crippen molar-refractivity contribution in [2.75, 3.05) is 20.8 Å². The molecule has 166 valence electrons. The maximum Gasteiger partial charge on any atom is 0.307 e. The summed E-state index contributed by atoms with van der Waals surface area (Å²) in [7, 11) is 2.81. The van der Waals surface area contributed by atoms with E-state index in [1.807, 2.05) is 30.3 Å². The molecule has 3 aromatic carbocycles. The van der Waals surface area contributed by atoms with Gasteiger partial charge in [-0.05, 0) is 41.5 Å². The molecule has 0 unspecified atom stereocenters. The predicted molar refractivity (Wildman–Crippen MR) is 116 cm³/mol. The molecule has 0 fully saturated rings. The van der Waals surface area contributed by atoms with Crippen molar-refractivity contribution in [2.24, 2.45) is 0 Å². The van der Waals surface area contributed by atoms with Crippen LogP contribution in [0.3, 0.4) is 0 Å². The Kier molecular flexibility index (Phi) is 7.54. The van der Waals surface area contributed by atoms with E-state index < -0.39 is 17.6 Å². The van der Waals surface area contributed by atoms with Gasteiger partial charge < -0.3 is 14.4 Å². The number of benzene rings is 3. The van der Waals surface area contributed by atoms with Crippen LogP contribution in [-0.2, 0) is 16.1 Å². The summed E-state index contributed by atoms with van der Waals surface area (Å²) in [6, 6.07) is 18.0. The third-order valence-electron chi connectivity index (χ3n) is 4.99. The van der Waals surface area contributed by atoms with Crippen LogP contribution in [0.4, 0.5) is 8.78 Å². The summed E-state index contributed by atoms with van der Waals surface area (Å²) >= 11 is 0. The molecule has 0 aliphatic rings. The molecule has 0 atom stereocenters. The number of halogens is 2. The average molecular weight is 439 g/mol. The third kappa shape index (κ3) is 5.49. The maximum atomic E-state index is 13.7. The Hall–Kier alpha value is -3.74. The fourth-order valence-electron chi connectivity index (χ4n) is 3.31. The summed E-state index contributed by atoms with van der Waals surface area (Å²) < 4.78 is 37.1. The van der Waals surface area contributed by atoms with Gasteiger partial charge in [-0.3, -0.25) is 9.59 Å². The van der Waals surface area contributed by atoms with Gasteiger partial charge in [0.25, 0.3) is 5.91 Å². The zero-order chi connectivity index (χ0) is 23.1. The molecule has 1 amide bonds. The Morgan fingerprint density at radius 3 is 2.31 bits per heavy atom. The molecule has 0 heterocycles. The number of esters is 1. The molecule has 7 heteroatoms. The van der Waals surface area contributed by atoms with Gasteiger partial charge >= 0.3 is 5.97 Å². The molecule has 0 saturated carbocycles. The van der Waals surface area contributed by atoms with Crippen molar-refractivity contribution in [1.29, 1.82) is 0 Å². The van der Waals surface area contributed by atoms with E-state index in [4.69, 9.17) is 4.74 Å². The number of rotatable bonds is 8. The molecular weight excluding hydrogens is 416 g/mol.